The number of aromatic nitrogens is 1. The summed E-state index contributed by atoms with van der Waals surface area (Å²) in [4.78, 5) is 10.1. The predicted molar refractivity (Wildman–Crippen MR) is 131 cm³/mol. The number of hydrogen-bond acceptors (Lipinski definition) is 4. The number of nitrogens with zero attached hydrogens (tertiary/aromatic N) is 2. The monoisotopic (exact) mass is 421 g/mol. The molecular formula is C28H27N3O. The Morgan fingerprint density at radius 3 is 2.34 bits per heavy atom. The van der Waals surface area contributed by atoms with E-state index in [-0.39, 0.29) is 5.54 Å². The van der Waals surface area contributed by atoms with Gasteiger partial charge in [-0.2, -0.15) is 0 Å². The molecule has 1 aromatic heterocycles. The van der Waals surface area contributed by atoms with Gasteiger partial charge in [0.25, 0.3) is 0 Å². The van der Waals surface area contributed by atoms with Gasteiger partial charge >= 0.3 is 0 Å². The fourth-order valence-corrected chi connectivity index (χ4v) is 4.62. The van der Waals surface area contributed by atoms with E-state index in [0.29, 0.717) is 6.54 Å². The molecule has 1 N–H and O–H groups in total. The van der Waals surface area contributed by atoms with Gasteiger partial charge in [0.05, 0.1) is 30.3 Å². The van der Waals surface area contributed by atoms with E-state index in [1.54, 1.807) is 7.11 Å². The molecule has 5 rings (SSSR count). The van der Waals surface area contributed by atoms with Crippen LogP contribution in [0.1, 0.15) is 30.0 Å². The molecule has 0 saturated heterocycles. The maximum Gasteiger partial charge on any atom is 0.156 e. The molecule has 4 aromatic rings. The quantitative estimate of drug-likeness (QED) is 0.438. The van der Waals surface area contributed by atoms with Crippen LogP contribution in [0.4, 0.5) is 0 Å². The summed E-state index contributed by atoms with van der Waals surface area (Å²) >= 11 is 0. The Hall–Kier alpha value is -3.66. The van der Waals surface area contributed by atoms with Crippen molar-refractivity contribution in [2.24, 2.45) is 4.99 Å². The predicted octanol–water partition coefficient (Wildman–Crippen LogP) is 5.87. The average Bonchev–Trinajstić information content (AvgIpc) is 3.30. The van der Waals surface area contributed by atoms with Crippen LogP contribution in [0.25, 0.3) is 22.2 Å². The number of benzene rings is 3. The van der Waals surface area contributed by atoms with Gasteiger partial charge in [0.2, 0.25) is 0 Å². The number of ether oxygens (including phenoxy) is 1. The second-order valence-electron chi connectivity index (χ2n) is 8.30. The Bertz CT molecular complexity index is 1300. The first-order valence-electron chi connectivity index (χ1n) is 11.1. The van der Waals surface area contributed by atoms with Gasteiger partial charge in [-0.05, 0) is 24.5 Å². The van der Waals surface area contributed by atoms with Crippen molar-refractivity contribution in [2.45, 2.75) is 25.8 Å². The first-order chi connectivity index (χ1) is 15.7. The number of hydrogen-bond donors (Lipinski definition) is 1. The summed E-state index contributed by atoms with van der Waals surface area (Å²) in [6.45, 7) is 4.99. The highest BCUT2D eigenvalue weighted by molar-refractivity contribution is 6.14. The summed E-state index contributed by atoms with van der Waals surface area (Å²) < 4.78 is 6.02. The molecule has 1 atom stereocenters. The fourth-order valence-electron chi connectivity index (χ4n) is 4.62. The van der Waals surface area contributed by atoms with Crippen LogP contribution in [0.5, 0.6) is 5.75 Å². The van der Waals surface area contributed by atoms with E-state index < -0.39 is 0 Å². The minimum absolute atomic E-state index is 0.228. The Balaban J connectivity index is 1.73. The molecule has 0 amide bonds. The van der Waals surface area contributed by atoms with Crippen LogP contribution in [0.3, 0.4) is 0 Å². The molecule has 3 aromatic carbocycles. The smallest absolute Gasteiger partial charge is 0.156 e. The Morgan fingerprint density at radius 2 is 1.66 bits per heavy atom. The molecule has 0 aliphatic carbocycles. The number of para-hydroxylation sites is 1. The third-order valence-electron chi connectivity index (χ3n) is 6.46. The Kier molecular flexibility index (Phi) is 5.14. The van der Waals surface area contributed by atoms with Crippen LogP contribution in [-0.2, 0) is 5.54 Å². The zero-order valence-electron chi connectivity index (χ0n) is 18.7. The van der Waals surface area contributed by atoms with Crippen molar-refractivity contribution in [3.8, 4) is 17.0 Å². The second kappa shape index (κ2) is 8.12. The van der Waals surface area contributed by atoms with Crippen LogP contribution in [0.15, 0.2) is 83.9 Å². The summed E-state index contributed by atoms with van der Waals surface area (Å²) in [5.41, 5.74) is 5.97. The zero-order chi connectivity index (χ0) is 22.1. The van der Waals surface area contributed by atoms with E-state index >= 15 is 0 Å². The highest BCUT2D eigenvalue weighted by atomic mass is 16.5. The minimum atomic E-state index is -0.228. The molecule has 160 valence electrons. The molecule has 0 fully saturated rings. The highest BCUT2D eigenvalue weighted by Gasteiger charge is 2.37. The molecule has 2 heterocycles. The van der Waals surface area contributed by atoms with Gasteiger partial charge in [-0.15, -0.1) is 0 Å². The Morgan fingerprint density at radius 1 is 0.938 bits per heavy atom. The van der Waals surface area contributed by atoms with Gasteiger partial charge in [-0.1, -0.05) is 85.8 Å². The number of aryl methyl sites for hydroxylation is 1. The molecular weight excluding hydrogens is 394 g/mol. The van der Waals surface area contributed by atoms with E-state index in [4.69, 9.17) is 14.7 Å². The lowest BCUT2D eigenvalue weighted by atomic mass is 9.88. The molecule has 0 bridgehead atoms. The van der Waals surface area contributed by atoms with E-state index in [9.17, 15) is 0 Å². The number of fused-ring (bicyclic) bond motifs is 1. The number of aliphatic imine (C=N–C) groups is 1. The lowest BCUT2D eigenvalue weighted by molar-refractivity contribution is 0.409. The lowest BCUT2D eigenvalue weighted by Crippen LogP contribution is -2.42. The average molecular weight is 422 g/mol. The van der Waals surface area contributed by atoms with Gasteiger partial charge in [-0.25, -0.2) is 4.98 Å². The summed E-state index contributed by atoms with van der Waals surface area (Å²) in [6, 6.07) is 27.1. The van der Waals surface area contributed by atoms with Crippen LogP contribution in [-0.4, -0.2) is 24.5 Å². The number of pyridine rings is 1. The summed E-state index contributed by atoms with van der Waals surface area (Å²) in [5.74, 6) is 1.61. The molecule has 32 heavy (non-hydrogen) atoms. The Labute approximate surface area is 189 Å². The van der Waals surface area contributed by atoms with E-state index in [2.05, 4.69) is 79.8 Å². The molecule has 0 spiro atoms. The largest absolute Gasteiger partial charge is 0.494 e. The number of methoxy groups -OCH3 is 1. The van der Waals surface area contributed by atoms with Gasteiger partial charge in [-0.3, -0.25) is 4.99 Å². The normalized spacial score (nSPS) is 17.8. The van der Waals surface area contributed by atoms with Crippen molar-refractivity contribution >= 4 is 16.7 Å². The van der Waals surface area contributed by atoms with E-state index in [0.717, 1.165) is 51.3 Å². The molecule has 1 aliphatic rings. The van der Waals surface area contributed by atoms with Gasteiger partial charge < -0.3 is 10.1 Å². The topological polar surface area (TPSA) is 46.5 Å². The van der Waals surface area contributed by atoms with E-state index in [1.807, 2.05) is 18.2 Å². The van der Waals surface area contributed by atoms with Crippen molar-refractivity contribution in [3.05, 3.63) is 95.6 Å². The van der Waals surface area contributed by atoms with E-state index in [1.165, 1.54) is 5.56 Å². The SMILES string of the molecule is CCC1(c2ccccc2)CN=C(c2c(OC)c(-c3ccccc3)nc3c(C)cccc23)N1. The third-order valence-corrected chi connectivity index (χ3v) is 6.46. The summed E-state index contributed by atoms with van der Waals surface area (Å²) in [5, 5.41) is 4.84. The van der Waals surface area contributed by atoms with Crippen LogP contribution >= 0.6 is 0 Å². The first-order valence-corrected chi connectivity index (χ1v) is 11.1. The van der Waals surface area contributed by atoms with Crippen LogP contribution in [0.2, 0.25) is 0 Å². The van der Waals surface area contributed by atoms with Crippen LogP contribution in [0, 0.1) is 6.92 Å². The maximum absolute atomic E-state index is 6.02. The molecule has 4 nitrogen and oxygen atoms in total. The zero-order valence-corrected chi connectivity index (χ0v) is 18.7. The van der Waals surface area contributed by atoms with Crippen molar-refractivity contribution in [3.63, 3.8) is 0 Å². The summed E-state index contributed by atoms with van der Waals surface area (Å²) in [7, 11) is 1.72. The number of amidine groups is 1. The van der Waals surface area contributed by atoms with Crippen molar-refractivity contribution in [2.75, 3.05) is 13.7 Å². The maximum atomic E-state index is 6.02. The summed E-state index contributed by atoms with van der Waals surface area (Å²) in [6.07, 6.45) is 0.930. The van der Waals surface area contributed by atoms with Gasteiger partial charge in [0.15, 0.2) is 5.75 Å². The third kappa shape index (κ3) is 3.23. The lowest BCUT2D eigenvalue weighted by Gasteiger charge is -2.29. The van der Waals surface area contributed by atoms with Gasteiger partial charge in [0, 0.05) is 10.9 Å². The highest BCUT2D eigenvalue weighted by Crippen LogP contribution is 2.39. The minimum Gasteiger partial charge on any atom is -0.494 e. The molecule has 1 aliphatic heterocycles. The molecule has 1 unspecified atom stereocenters. The molecule has 0 saturated carbocycles. The van der Waals surface area contributed by atoms with Crippen molar-refractivity contribution in [1.82, 2.24) is 10.3 Å². The van der Waals surface area contributed by atoms with Crippen molar-refractivity contribution in [1.29, 1.82) is 0 Å². The standard InChI is InChI=1S/C28H27N3O/c1-4-28(21-15-9-6-10-16-21)18-29-27(31-28)23-22-17-11-12-19(2)24(22)30-25(26(23)32-3)20-13-7-5-8-14-20/h5-17H,4,18H2,1-3H3,(H,29,31). The molecule has 0 radical (unpaired) electrons. The van der Waals surface area contributed by atoms with Gasteiger partial charge in [0.1, 0.15) is 11.5 Å². The number of rotatable bonds is 5. The first kappa shape index (κ1) is 20.3. The van der Waals surface area contributed by atoms with Crippen molar-refractivity contribution < 1.29 is 4.74 Å². The second-order valence-corrected chi connectivity index (χ2v) is 8.30. The number of nitrogens with one attached hydrogen (secondary N) is 1. The fraction of sp³-hybridized carbons (Fsp3) is 0.214. The molecule has 4 heteroatoms. The van der Waals surface area contributed by atoms with Crippen LogP contribution < -0.4 is 10.1 Å².